The van der Waals surface area contributed by atoms with Crippen molar-refractivity contribution in [3.8, 4) is 0 Å². The summed E-state index contributed by atoms with van der Waals surface area (Å²) in [6, 6.07) is 6.12. The molecule has 2 N–H and O–H groups in total. The number of nitrogens with one attached hydrogen (secondary N) is 1. The molecule has 1 heterocycles. The fourth-order valence-corrected chi connectivity index (χ4v) is 2.82. The third-order valence-electron chi connectivity index (χ3n) is 4.18. The number of ether oxygens (including phenoxy) is 1. The standard InChI is InChI=1S/C16H19F3N2O4/c1-25-7-6-10-4-2-3-5-13(10)20-15(24)21-8-11(14(22)23)12(9-21)16(17,18)19/h2-5,11-12H,6-9H2,1H3,(H,20,24)(H,22,23)/t11-,12-/m1/s1. The highest BCUT2D eigenvalue weighted by Gasteiger charge is 2.53. The Morgan fingerprint density at radius 1 is 1.32 bits per heavy atom. The summed E-state index contributed by atoms with van der Waals surface area (Å²) in [6.07, 6.45) is -4.15. The summed E-state index contributed by atoms with van der Waals surface area (Å²) in [5.41, 5.74) is 1.24. The highest BCUT2D eigenvalue weighted by atomic mass is 19.4. The van der Waals surface area contributed by atoms with E-state index in [0.717, 1.165) is 10.5 Å². The first-order valence-corrected chi connectivity index (χ1v) is 7.66. The van der Waals surface area contributed by atoms with E-state index in [9.17, 15) is 22.8 Å². The van der Waals surface area contributed by atoms with Crippen LogP contribution in [-0.2, 0) is 16.0 Å². The van der Waals surface area contributed by atoms with Gasteiger partial charge in [-0.15, -0.1) is 0 Å². The van der Waals surface area contributed by atoms with Crippen LogP contribution in [0.2, 0.25) is 0 Å². The van der Waals surface area contributed by atoms with Crippen LogP contribution in [0, 0.1) is 11.8 Å². The van der Waals surface area contributed by atoms with Gasteiger partial charge in [-0.1, -0.05) is 18.2 Å². The van der Waals surface area contributed by atoms with Gasteiger partial charge in [0.15, 0.2) is 0 Å². The fourth-order valence-electron chi connectivity index (χ4n) is 2.82. The molecule has 1 saturated heterocycles. The number of benzene rings is 1. The molecule has 1 fully saturated rings. The van der Waals surface area contributed by atoms with Crippen LogP contribution in [0.1, 0.15) is 5.56 Å². The number of aliphatic carboxylic acids is 1. The lowest BCUT2D eigenvalue weighted by Crippen LogP contribution is -2.35. The molecule has 0 aliphatic carbocycles. The van der Waals surface area contributed by atoms with E-state index in [2.05, 4.69) is 5.32 Å². The number of hydrogen-bond acceptors (Lipinski definition) is 3. The van der Waals surface area contributed by atoms with Gasteiger partial charge in [0.2, 0.25) is 0 Å². The smallest absolute Gasteiger partial charge is 0.394 e. The maximum Gasteiger partial charge on any atom is 0.394 e. The quantitative estimate of drug-likeness (QED) is 0.846. The summed E-state index contributed by atoms with van der Waals surface area (Å²) in [4.78, 5) is 24.3. The number of carbonyl (C=O) groups excluding carboxylic acids is 1. The van der Waals surface area contributed by atoms with Gasteiger partial charge in [0.1, 0.15) is 0 Å². The first-order chi connectivity index (χ1) is 11.7. The average Bonchev–Trinajstić information content (AvgIpc) is 3.00. The van der Waals surface area contributed by atoms with Crippen molar-refractivity contribution in [1.29, 1.82) is 0 Å². The van der Waals surface area contributed by atoms with Gasteiger partial charge in [0, 0.05) is 25.9 Å². The predicted molar refractivity (Wildman–Crippen MR) is 83.3 cm³/mol. The van der Waals surface area contributed by atoms with E-state index in [4.69, 9.17) is 9.84 Å². The number of carboxylic acids is 1. The highest BCUT2D eigenvalue weighted by molar-refractivity contribution is 5.91. The lowest BCUT2D eigenvalue weighted by Gasteiger charge is -2.19. The normalized spacial score (nSPS) is 20.6. The lowest BCUT2D eigenvalue weighted by atomic mass is 9.96. The maximum absolute atomic E-state index is 13.0. The van der Waals surface area contributed by atoms with Crippen LogP contribution in [0.4, 0.5) is 23.7 Å². The van der Waals surface area contributed by atoms with Gasteiger partial charge in [-0.05, 0) is 18.1 Å². The molecule has 2 amide bonds. The molecule has 0 unspecified atom stereocenters. The SMILES string of the molecule is COCCc1ccccc1NC(=O)N1C[C@@H](C(F)(F)F)[C@H](C(=O)O)C1. The van der Waals surface area contributed by atoms with Crippen LogP contribution in [0.3, 0.4) is 0 Å². The number of anilines is 1. The van der Waals surface area contributed by atoms with Crippen LogP contribution < -0.4 is 5.32 Å². The monoisotopic (exact) mass is 360 g/mol. The summed E-state index contributed by atoms with van der Waals surface area (Å²) >= 11 is 0. The minimum absolute atomic E-state index is 0.424. The number of carbonyl (C=O) groups is 2. The van der Waals surface area contributed by atoms with Gasteiger partial charge in [-0.2, -0.15) is 13.2 Å². The largest absolute Gasteiger partial charge is 0.481 e. The van der Waals surface area contributed by atoms with Crippen molar-refractivity contribution in [2.45, 2.75) is 12.6 Å². The Hall–Kier alpha value is -2.29. The third kappa shape index (κ3) is 4.62. The second kappa shape index (κ2) is 7.73. The number of alkyl halides is 3. The molecule has 0 radical (unpaired) electrons. The van der Waals surface area contributed by atoms with Crippen molar-refractivity contribution < 1.29 is 32.6 Å². The number of likely N-dealkylation sites (tertiary alicyclic amines) is 1. The van der Waals surface area contributed by atoms with Crippen LogP contribution in [0.5, 0.6) is 0 Å². The zero-order chi connectivity index (χ0) is 18.6. The minimum Gasteiger partial charge on any atom is -0.481 e. The first-order valence-electron chi connectivity index (χ1n) is 7.66. The number of nitrogens with zero attached hydrogens (tertiary/aromatic N) is 1. The van der Waals surface area contributed by atoms with Gasteiger partial charge in [0.25, 0.3) is 0 Å². The molecule has 2 atom stereocenters. The number of carboxylic acid groups (broad SMARTS) is 1. The molecule has 9 heteroatoms. The van der Waals surface area contributed by atoms with E-state index < -0.39 is 43.1 Å². The van der Waals surface area contributed by atoms with Crippen LogP contribution in [0.15, 0.2) is 24.3 Å². The number of rotatable bonds is 5. The van der Waals surface area contributed by atoms with Gasteiger partial charge in [0.05, 0.1) is 18.4 Å². The Bertz CT molecular complexity index is 636. The van der Waals surface area contributed by atoms with Crippen molar-refractivity contribution in [1.82, 2.24) is 4.90 Å². The second-order valence-corrected chi connectivity index (χ2v) is 5.83. The van der Waals surface area contributed by atoms with Crippen LogP contribution in [-0.4, -0.2) is 55.0 Å². The van der Waals surface area contributed by atoms with Crippen molar-refractivity contribution in [3.63, 3.8) is 0 Å². The average molecular weight is 360 g/mol. The summed E-state index contributed by atoms with van der Waals surface area (Å²) in [7, 11) is 1.54. The van der Waals surface area contributed by atoms with E-state index in [1.54, 1.807) is 24.3 Å². The summed E-state index contributed by atoms with van der Waals surface area (Å²) in [5, 5.41) is 11.6. The second-order valence-electron chi connectivity index (χ2n) is 5.83. The molecule has 1 aliphatic heterocycles. The summed E-state index contributed by atoms with van der Waals surface area (Å²) in [6.45, 7) is -0.730. The van der Waals surface area contributed by atoms with Crippen molar-refractivity contribution >= 4 is 17.7 Å². The predicted octanol–water partition coefficient (Wildman–Crippen LogP) is 2.60. The molecule has 1 aliphatic rings. The molecular weight excluding hydrogens is 341 g/mol. The molecule has 0 spiro atoms. The van der Waals surface area contributed by atoms with Crippen molar-refractivity contribution in [2.75, 3.05) is 32.1 Å². The molecule has 1 aromatic rings. The number of urea groups is 1. The molecule has 0 saturated carbocycles. The summed E-state index contributed by atoms with van der Waals surface area (Å²) in [5.74, 6) is -5.29. The number of methoxy groups -OCH3 is 1. The Morgan fingerprint density at radius 3 is 2.56 bits per heavy atom. The molecule has 0 aromatic heterocycles. The van der Waals surface area contributed by atoms with Gasteiger partial charge < -0.3 is 20.1 Å². The Labute approximate surface area is 142 Å². The Balaban J connectivity index is 2.10. The molecule has 138 valence electrons. The number of hydrogen-bond donors (Lipinski definition) is 2. The van der Waals surface area contributed by atoms with E-state index in [-0.39, 0.29) is 0 Å². The lowest BCUT2D eigenvalue weighted by molar-refractivity contribution is -0.187. The highest BCUT2D eigenvalue weighted by Crippen LogP contribution is 2.38. The number of para-hydroxylation sites is 1. The van der Waals surface area contributed by atoms with Crippen molar-refractivity contribution in [2.24, 2.45) is 11.8 Å². The van der Waals surface area contributed by atoms with Crippen LogP contribution >= 0.6 is 0 Å². The van der Waals surface area contributed by atoms with E-state index in [1.165, 1.54) is 7.11 Å². The minimum atomic E-state index is -4.67. The van der Waals surface area contributed by atoms with E-state index in [0.29, 0.717) is 18.7 Å². The van der Waals surface area contributed by atoms with E-state index >= 15 is 0 Å². The first kappa shape index (κ1) is 19.0. The van der Waals surface area contributed by atoms with Gasteiger partial charge >= 0.3 is 18.2 Å². The number of halogens is 3. The van der Waals surface area contributed by atoms with Crippen LogP contribution in [0.25, 0.3) is 0 Å². The Kier molecular flexibility index (Phi) is 5.89. The summed E-state index contributed by atoms with van der Waals surface area (Å²) < 4.78 is 44.0. The topological polar surface area (TPSA) is 78.9 Å². The van der Waals surface area contributed by atoms with Gasteiger partial charge in [-0.25, -0.2) is 4.79 Å². The molecule has 0 bridgehead atoms. The zero-order valence-electron chi connectivity index (χ0n) is 13.5. The van der Waals surface area contributed by atoms with Gasteiger partial charge in [-0.3, -0.25) is 4.79 Å². The molecular formula is C16H19F3N2O4. The molecule has 25 heavy (non-hydrogen) atoms. The Morgan fingerprint density at radius 2 is 2.00 bits per heavy atom. The van der Waals surface area contributed by atoms with Crippen molar-refractivity contribution in [3.05, 3.63) is 29.8 Å². The third-order valence-corrected chi connectivity index (χ3v) is 4.18. The maximum atomic E-state index is 13.0. The zero-order valence-corrected chi connectivity index (χ0v) is 13.5. The fraction of sp³-hybridized carbons (Fsp3) is 0.500. The molecule has 1 aromatic carbocycles. The number of amides is 2. The van der Waals surface area contributed by atoms with E-state index in [1.807, 2.05) is 0 Å². The molecule has 2 rings (SSSR count). The molecule has 6 nitrogen and oxygen atoms in total.